The fourth-order valence-electron chi connectivity index (χ4n) is 1.77. The molecule has 0 N–H and O–H groups in total. The number of carbonyl (C=O) groups is 1. The molecule has 0 aliphatic carbocycles. The molecule has 0 saturated heterocycles. The molecule has 102 valence electrons. The molecule has 0 aliphatic rings. The molecule has 4 heteroatoms. The van der Waals surface area contributed by atoms with Crippen LogP contribution in [0.25, 0.3) is 0 Å². The number of carbonyl (C=O) groups excluding carboxylic acids is 1. The first-order valence-corrected chi connectivity index (χ1v) is 6.54. The Balaban J connectivity index is 2.77. The lowest BCUT2D eigenvalue weighted by Gasteiger charge is -2.22. The van der Waals surface area contributed by atoms with E-state index in [2.05, 4.69) is 6.07 Å². The Kier molecular flexibility index (Phi) is 5.87. The van der Waals surface area contributed by atoms with Crippen LogP contribution < -0.4 is 4.74 Å². The molecular formula is C15H20N2O2. The number of amides is 1. The van der Waals surface area contributed by atoms with Crippen LogP contribution in [0.5, 0.6) is 5.75 Å². The molecule has 0 spiro atoms. The third-order valence-electron chi connectivity index (χ3n) is 2.80. The van der Waals surface area contributed by atoms with Gasteiger partial charge in [-0.1, -0.05) is 0 Å². The predicted octanol–water partition coefficient (Wildman–Crippen LogP) is 2.71. The van der Waals surface area contributed by atoms with Crippen molar-refractivity contribution in [2.75, 3.05) is 19.7 Å². The quantitative estimate of drug-likeness (QED) is 0.790. The minimum Gasteiger partial charge on any atom is -0.494 e. The highest BCUT2D eigenvalue weighted by Gasteiger charge is 2.16. The SMILES string of the molecule is CCOc1ccc(C(=O)N(CC)CC(C)C#N)cc1. The Labute approximate surface area is 114 Å². The van der Waals surface area contributed by atoms with E-state index in [1.165, 1.54) is 0 Å². The third-order valence-corrected chi connectivity index (χ3v) is 2.80. The molecule has 0 bridgehead atoms. The summed E-state index contributed by atoms with van der Waals surface area (Å²) in [5.41, 5.74) is 0.621. The van der Waals surface area contributed by atoms with E-state index in [1.807, 2.05) is 20.8 Å². The van der Waals surface area contributed by atoms with Crippen molar-refractivity contribution in [3.8, 4) is 11.8 Å². The van der Waals surface area contributed by atoms with Crippen molar-refractivity contribution in [3.63, 3.8) is 0 Å². The molecule has 1 unspecified atom stereocenters. The van der Waals surface area contributed by atoms with E-state index in [4.69, 9.17) is 10.00 Å². The van der Waals surface area contributed by atoms with Gasteiger partial charge in [0.05, 0.1) is 18.6 Å². The van der Waals surface area contributed by atoms with Crippen LogP contribution in [-0.4, -0.2) is 30.5 Å². The van der Waals surface area contributed by atoms with Gasteiger partial charge < -0.3 is 9.64 Å². The zero-order valence-corrected chi connectivity index (χ0v) is 11.7. The molecule has 1 aromatic rings. The number of rotatable bonds is 6. The van der Waals surface area contributed by atoms with Crippen LogP contribution in [0.2, 0.25) is 0 Å². The lowest BCUT2D eigenvalue weighted by atomic mass is 10.1. The normalized spacial score (nSPS) is 11.5. The van der Waals surface area contributed by atoms with E-state index in [0.29, 0.717) is 25.3 Å². The molecule has 1 aromatic carbocycles. The zero-order chi connectivity index (χ0) is 14.3. The highest BCUT2D eigenvalue weighted by Crippen LogP contribution is 2.14. The van der Waals surface area contributed by atoms with Gasteiger partial charge in [0, 0.05) is 18.7 Å². The fourth-order valence-corrected chi connectivity index (χ4v) is 1.77. The summed E-state index contributed by atoms with van der Waals surface area (Å²) >= 11 is 0. The third kappa shape index (κ3) is 4.29. The summed E-state index contributed by atoms with van der Waals surface area (Å²) < 4.78 is 5.34. The van der Waals surface area contributed by atoms with Gasteiger partial charge in [-0.25, -0.2) is 0 Å². The summed E-state index contributed by atoms with van der Waals surface area (Å²) in [5, 5.41) is 8.82. The first kappa shape index (κ1) is 15.0. The van der Waals surface area contributed by atoms with Gasteiger partial charge in [-0.15, -0.1) is 0 Å². The lowest BCUT2D eigenvalue weighted by Crippen LogP contribution is -2.34. The van der Waals surface area contributed by atoms with E-state index in [9.17, 15) is 4.79 Å². The van der Waals surface area contributed by atoms with Gasteiger partial charge in [0.25, 0.3) is 5.91 Å². The predicted molar refractivity (Wildman–Crippen MR) is 74.0 cm³/mol. The Morgan fingerprint density at radius 1 is 1.37 bits per heavy atom. The average molecular weight is 260 g/mol. The zero-order valence-electron chi connectivity index (χ0n) is 11.7. The molecule has 0 fully saturated rings. The summed E-state index contributed by atoms with van der Waals surface area (Å²) in [6.45, 7) is 7.30. The summed E-state index contributed by atoms with van der Waals surface area (Å²) in [4.78, 5) is 14.0. The van der Waals surface area contributed by atoms with Gasteiger partial charge in [0.15, 0.2) is 0 Å². The summed E-state index contributed by atoms with van der Waals surface area (Å²) in [6.07, 6.45) is 0. The van der Waals surface area contributed by atoms with Crippen molar-refractivity contribution < 1.29 is 9.53 Å². The molecule has 4 nitrogen and oxygen atoms in total. The number of ether oxygens (including phenoxy) is 1. The molecule has 1 amide bonds. The van der Waals surface area contributed by atoms with Crippen LogP contribution >= 0.6 is 0 Å². The van der Waals surface area contributed by atoms with Crippen LogP contribution in [0, 0.1) is 17.2 Å². The summed E-state index contributed by atoms with van der Waals surface area (Å²) in [6, 6.07) is 9.24. The molecule has 1 atom stereocenters. The number of hydrogen-bond donors (Lipinski definition) is 0. The van der Waals surface area contributed by atoms with Crippen LogP contribution in [0.15, 0.2) is 24.3 Å². The Bertz CT molecular complexity index is 448. The minimum atomic E-state index is -0.161. The van der Waals surface area contributed by atoms with Crippen LogP contribution in [0.4, 0.5) is 0 Å². The van der Waals surface area contributed by atoms with Gasteiger partial charge >= 0.3 is 0 Å². The first-order valence-electron chi connectivity index (χ1n) is 6.54. The maximum Gasteiger partial charge on any atom is 0.253 e. The minimum absolute atomic E-state index is 0.0485. The highest BCUT2D eigenvalue weighted by atomic mass is 16.5. The number of nitrogens with zero attached hydrogens (tertiary/aromatic N) is 2. The molecule has 0 heterocycles. The van der Waals surface area contributed by atoms with Crippen molar-refractivity contribution in [2.24, 2.45) is 5.92 Å². The monoisotopic (exact) mass is 260 g/mol. The Morgan fingerprint density at radius 2 is 2.00 bits per heavy atom. The van der Waals surface area contributed by atoms with E-state index >= 15 is 0 Å². The van der Waals surface area contributed by atoms with Gasteiger partial charge in [-0.05, 0) is 45.0 Å². The van der Waals surface area contributed by atoms with Crippen molar-refractivity contribution in [1.82, 2.24) is 4.90 Å². The summed E-state index contributed by atoms with van der Waals surface area (Å²) in [5.74, 6) is 0.548. The largest absolute Gasteiger partial charge is 0.494 e. The standard InChI is InChI=1S/C15H20N2O2/c1-4-17(11-12(3)10-16)15(18)13-6-8-14(9-7-13)19-5-2/h6-9,12H,4-5,11H2,1-3H3. The smallest absolute Gasteiger partial charge is 0.253 e. The first-order chi connectivity index (χ1) is 9.12. The molecule has 1 rings (SSSR count). The lowest BCUT2D eigenvalue weighted by molar-refractivity contribution is 0.0752. The van der Waals surface area contributed by atoms with E-state index < -0.39 is 0 Å². The maximum atomic E-state index is 12.3. The number of benzene rings is 1. The molecule has 19 heavy (non-hydrogen) atoms. The van der Waals surface area contributed by atoms with Gasteiger partial charge in [-0.2, -0.15) is 5.26 Å². The van der Waals surface area contributed by atoms with E-state index in [-0.39, 0.29) is 11.8 Å². The molecule has 0 saturated carbocycles. The molecule has 0 aliphatic heterocycles. The summed E-state index contributed by atoms with van der Waals surface area (Å²) in [7, 11) is 0. The van der Waals surface area contributed by atoms with Crippen LogP contribution in [0.3, 0.4) is 0 Å². The second kappa shape index (κ2) is 7.42. The van der Waals surface area contributed by atoms with Crippen molar-refractivity contribution in [3.05, 3.63) is 29.8 Å². The highest BCUT2D eigenvalue weighted by molar-refractivity contribution is 5.94. The van der Waals surface area contributed by atoms with Gasteiger partial charge in [0.2, 0.25) is 0 Å². The van der Waals surface area contributed by atoms with Crippen LogP contribution in [0.1, 0.15) is 31.1 Å². The second-order valence-corrected chi connectivity index (χ2v) is 4.33. The van der Waals surface area contributed by atoms with Crippen LogP contribution in [-0.2, 0) is 0 Å². The number of nitriles is 1. The maximum absolute atomic E-state index is 12.3. The molecular weight excluding hydrogens is 240 g/mol. The van der Waals surface area contributed by atoms with Crippen molar-refractivity contribution in [1.29, 1.82) is 5.26 Å². The van der Waals surface area contributed by atoms with Crippen molar-refractivity contribution >= 4 is 5.91 Å². The Morgan fingerprint density at radius 3 is 2.47 bits per heavy atom. The Hall–Kier alpha value is -2.02. The van der Waals surface area contributed by atoms with Gasteiger partial charge in [-0.3, -0.25) is 4.79 Å². The van der Waals surface area contributed by atoms with E-state index in [1.54, 1.807) is 29.2 Å². The van der Waals surface area contributed by atoms with Crippen molar-refractivity contribution in [2.45, 2.75) is 20.8 Å². The number of hydrogen-bond acceptors (Lipinski definition) is 3. The van der Waals surface area contributed by atoms with E-state index in [0.717, 1.165) is 5.75 Å². The molecule has 0 radical (unpaired) electrons. The second-order valence-electron chi connectivity index (χ2n) is 4.33. The fraction of sp³-hybridized carbons (Fsp3) is 0.467. The average Bonchev–Trinajstić information content (AvgIpc) is 2.45. The van der Waals surface area contributed by atoms with Gasteiger partial charge in [0.1, 0.15) is 5.75 Å². The topological polar surface area (TPSA) is 53.3 Å². The molecule has 0 aromatic heterocycles.